The number of carbonyl (C=O) groups is 1. The molecule has 2 N–H and O–H groups in total. The van der Waals surface area contributed by atoms with Crippen molar-refractivity contribution in [3.05, 3.63) is 23.8 Å². The van der Waals surface area contributed by atoms with E-state index in [1.165, 1.54) is 43.4 Å². The topological polar surface area (TPSA) is 41.1 Å². The Morgan fingerprint density at radius 1 is 1.11 bits per heavy atom. The molecule has 3 heteroatoms. The van der Waals surface area contributed by atoms with E-state index >= 15 is 0 Å². The van der Waals surface area contributed by atoms with Crippen LogP contribution in [0.3, 0.4) is 0 Å². The van der Waals surface area contributed by atoms with E-state index in [-0.39, 0.29) is 5.91 Å². The van der Waals surface area contributed by atoms with Crippen LogP contribution in [0.25, 0.3) is 0 Å². The summed E-state index contributed by atoms with van der Waals surface area (Å²) in [5.74, 6) is 0.135. The predicted octanol–water partition coefficient (Wildman–Crippen LogP) is 3.32. The number of aryl methyl sites for hydroxylation is 1. The number of hydrogen-bond donors (Lipinski definition) is 2. The van der Waals surface area contributed by atoms with Crippen molar-refractivity contribution in [2.45, 2.75) is 51.0 Å². The molecular weight excluding hydrogens is 224 g/mol. The van der Waals surface area contributed by atoms with Gasteiger partial charge in [-0.3, -0.25) is 4.79 Å². The van der Waals surface area contributed by atoms with Crippen molar-refractivity contribution in [2.75, 3.05) is 10.6 Å². The van der Waals surface area contributed by atoms with Gasteiger partial charge >= 0.3 is 0 Å². The molecule has 0 spiro atoms. The van der Waals surface area contributed by atoms with E-state index in [1.807, 2.05) is 6.07 Å². The van der Waals surface area contributed by atoms with Crippen LogP contribution < -0.4 is 10.6 Å². The van der Waals surface area contributed by atoms with Gasteiger partial charge in [0.1, 0.15) is 0 Å². The number of carbonyl (C=O) groups excluding carboxylic acids is 1. The van der Waals surface area contributed by atoms with Gasteiger partial charge < -0.3 is 10.6 Å². The summed E-state index contributed by atoms with van der Waals surface area (Å²) in [5.41, 5.74) is 3.45. The van der Waals surface area contributed by atoms with Crippen molar-refractivity contribution in [1.29, 1.82) is 0 Å². The van der Waals surface area contributed by atoms with E-state index < -0.39 is 0 Å². The molecule has 96 valence electrons. The molecule has 1 aliphatic carbocycles. The third-order valence-electron chi connectivity index (χ3n) is 3.98. The zero-order valence-electron chi connectivity index (χ0n) is 10.7. The fourth-order valence-corrected chi connectivity index (χ4v) is 2.96. The van der Waals surface area contributed by atoms with Gasteiger partial charge in [-0.2, -0.15) is 0 Å². The summed E-state index contributed by atoms with van der Waals surface area (Å²) in [5, 5.41) is 6.55. The first-order valence-electron chi connectivity index (χ1n) is 7.00. The van der Waals surface area contributed by atoms with Crippen molar-refractivity contribution in [1.82, 2.24) is 0 Å². The maximum absolute atomic E-state index is 11.3. The maximum atomic E-state index is 11.3. The lowest BCUT2D eigenvalue weighted by Crippen LogP contribution is -2.23. The molecule has 1 aromatic rings. The van der Waals surface area contributed by atoms with Crippen LogP contribution in [0.4, 0.5) is 11.4 Å². The molecule has 1 aromatic carbocycles. The lowest BCUT2D eigenvalue weighted by molar-refractivity contribution is -0.116. The molecule has 0 unspecified atom stereocenters. The molecule has 1 saturated carbocycles. The van der Waals surface area contributed by atoms with Crippen LogP contribution in [0.5, 0.6) is 0 Å². The summed E-state index contributed by atoms with van der Waals surface area (Å²) in [7, 11) is 0. The fourth-order valence-electron chi connectivity index (χ4n) is 2.96. The Morgan fingerprint density at radius 2 is 1.94 bits per heavy atom. The molecule has 0 radical (unpaired) electrons. The first-order valence-corrected chi connectivity index (χ1v) is 7.00. The van der Waals surface area contributed by atoms with Gasteiger partial charge in [0.05, 0.1) is 0 Å². The number of rotatable bonds is 2. The third-order valence-corrected chi connectivity index (χ3v) is 3.98. The molecule has 0 saturated heterocycles. The zero-order valence-corrected chi connectivity index (χ0v) is 10.7. The number of amides is 1. The van der Waals surface area contributed by atoms with Crippen molar-refractivity contribution >= 4 is 17.3 Å². The van der Waals surface area contributed by atoms with E-state index in [4.69, 9.17) is 0 Å². The van der Waals surface area contributed by atoms with Gasteiger partial charge in [-0.15, -0.1) is 0 Å². The minimum absolute atomic E-state index is 0.135. The van der Waals surface area contributed by atoms with Crippen LogP contribution in [0.1, 0.15) is 44.1 Å². The molecule has 1 aliphatic heterocycles. The van der Waals surface area contributed by atoms with Crippen molar-refractivity contribution < 1.29 is 4.79 Å². The van der Waals surface area contributed by atoms with Crippen molar-refractivity contribution in [2.24, 2.45) is 0 Å². The van der Waals surface area contributed by atoms with Crippen LogP contribution in [0, 0.1) is 0 Å². The SMILES string of the molecule is O=C1CCc2cc(NC3CCCCC3)ccc2N1. The van der Waals surface area contributed by atoms with Gasteiger partial charge in [-0.05, 0) is 43.0 Å². The van der Waals surface area contributed by atoms with E-state index in [0.29, 0.717) is 12.5 Å². The summed E-state index contributed by atoms with van der Waals surface area (Å²) in [6.07, 6.45) is 8.12. The van der Waals surface area contributed by atoms with E-state index in [1.54, 1.807) is 0 Å². The van der Waals surface area contributed by atoms with E-state index in [2.05, 4.69) is 22.8 Å². The van der Waals surface area contributed by atoms with Gasteiger partial charge in [0.15, 0.2) is 0 Å². The van der Waals surface area contributed by atoms with Crippen LogP contribution in [-0.2, 0) is 11.2 Å². The second-order valence-corrected chi connectivity index (χ2v) is 5.40. The molecule has 1 amide bonds. The highest BCUT2D eigenvalue weighted by Crippen LogP contribution is 2.27. The molecule has 0 atom stereocenters. The normalized spacial score (nSPS) is 20.1. The fraction of sp³-hybridized carbons (Fsp3) is 0.533. The molecule has 0 aromatic heterocycles. The number of fused-ring (bicyclic) bond motifs is 1. The monoisotopic (exact) mass is 244 g/mol. The van der Waals surface area contributed by atoms with E-state index in [0.717, 1.165) is 12.1 Å². The molecule has 3 nitrogen and oxygen atoms in total. The summed E-state index contributed by atoms with van der Waals surface area (Å²) in [6.45, 7) is 0. The molecule has 0 bridgehead atoms. The lowest BCUT2D eigenvalue weighted by Gasteiger charge is -2.25. The quantitative estimate of drug-likeness (QED) is 0.838. The first kappa shape index (κ1) is 11.6. The maximum Gasteiger partial charge on any atom is 0.224 e. The van der Waals surface area contributed by atoms with Crippen LogP contribution >= 0.6 is 0 Å². The van der Waals surface area contributed by atoms with Crippen LogP contribution in [-0.4, -0.2) is 11.9 Å². The summed E-state index contributed by atoms with van der Waals surface area (Å²) >= 11 is 0. The second-order valence-electron chi connectivity index (χ2n) is 5.40. The standard InChI is InChI=1S/C15H20N2O/c18-15-9-6-11-10-13(7-8-14(11)17-15)16-12-4-2-1-3-5-12/h7-8,10,12,16H,1-6,9H2,(H,17,18). The highest BCUT2D eigenvalue weighted by molar-refractivity contribution is 5.94. The van der Waals surface area contributed by atoms with Gasteiger partial charge in [0, 0.05) is 23.8 Å². The average Bonchev–Trinajstić information content (AvgIpc) is 2.40. The van der Waals surface area contributed by atoms with Crippen molar-refractivity contribution in [3.8, 4) is 0 Å². The Kier molecular flexibility index (Phi) is 3.22. The van der Waals surface area contributed by atoms with Crippen molar-refractivity contribution in [3.63, 3.8) is 0 Å². The van der Waals surface area contributed by atoms with Crippen LogP contribution in [0.2, 0.25) is 0 Å². The highest BCUT2D eigenvalue weighted by atomic mass is 16.1. The Labute approximate surface area is 108 Å². The number of anilines is 2. The zero-order chi connectivity index (χ0) is 12.4. The van der Waals surface area contributed by atoms with Gasteiger partial charge in [0.25, 0.3) is 0 Å². The summed E-state index contributed by atoms with van der Waals surface area (Å²) in [4.78, 5) is 11.3. The highest BCUT2D eigenvalue weighted by Gasteiger charge is 2.16. The Balaban J connectivity index is 1.71. The molecule has 18 heavy (non-hydrogen) atoms. The Hall–Kier alpha value is -1.51. The van der Waals surface area contributed by atoms with Gasteiger partial charge in [-0.25, -0.2) is 0 Å². The smallest absolute Gasteiger partial charge is 0.224 e. The molecule has 1 heterocycles. The van der Waals surface area contributed by atoms with Gasteiger partial charge in [-0.1, -0.05) is 19.3 Å². The minimum Gasteiger partial charge on any atom is -0.382 e. The lowest BCUT2D eigenvalue weighted by atomic mass is 9.95. The number of benzene rings is 1. The first-order chi connectivity index (χ1) is 8.81. The Morgan fingerprint density at radius 3 is 2.78 bits per heavy atom. The minimum atomic E-state index is 0.135. The predicted molar refractivity (Wildman–Crippen MR) is 73.9 cm³/mol. The van der Waals surface area contributed by atoms with Gasteiger partial charge in [0.2, 0.25) is 5.91 Å². The second kappa shape index (κ2) is 5.01. The Bertz CT molecular complexity index is 450. The van der Waals surface area contributed by atoms with E-state index in [9.17, 15) is 4.79 Å². The molecular formula is C15H20N2O. The molecule has 1 fully saturated rings. The third kappa shape index (κ3) is 2.50. The average molecular weight is 244 g/mol. The van der Waals surface area contributed by atoms with Crippen LogP contribution in [0.15, 0.2) is 18.2 Å². The number of nitrogens with one attached hydrogen (secondary N) is 2. The molecule has 2 aliphatic rings. The molecule has 3 rings (SSSR count). The summed E-state index contributed by atoms with van der Waals surface area (Å²) < 4.78 is 0. The largest absolute Gasteiger partial charge is 0.382 e. The summed E-state index contributed by atoms with van der Waals surface area (Å²) in [6, 6.07) is 6.94. The number of hydrogen-bond acceptors (Lipinski definition) is 2.